The van der Waals surface area contributed by atoms with E-state index in [0.29, 0.717) is 0 Å². The van der Waals surface area contributed by atoms with Gasteiger partial charge in [0.05, 0.1) is 0 Å². The lowest BCUT2D eigenvalue weighted by Gasteiger charge is -2.35. The number of halogens is 1. The molecule has 0 bridgehead atoms. The average Bonchev–Trinajstić information content (AvgIpc) is 2.25. The van der Waals surface area contributed by atoms with E-state index in [2.05, 4.69) is 0 Å². The van der Waals surface area contributed by atoms with Gasteiger partial charge in [-0.3, -0.25) is 4.79 Å². The third-order valence-electron chi connectivity index (χ3n) is 3.88. The summed E-state index contributed by atoms with van der Waals surface area (Å²) in [5, 5.41) is 0. The molecule has 0 radical (unpaired) electrons. The fourth-order valence-electron chi connectivity index (χ4n) is 2.67. The first-order chi connectivity index (χ1) is 8.25. The molecule has 1 aliphatic carbocycles. The van der Waals surface area contributed by atoms with Crippen LogP contribution in [0.3, 0.4) is 0 Å². The number of fused-ring (bicyclic) bond motifs is 1. The molecule has 1 amide bonds. The number of hydrogen-bond acceptors (Lipinski definition) is 1. The third kappa shape index (κ3) is 1.84. The number of rotatable bonds is 1. The Morgan fingerprint density at radius 1 is 1.29 bits per heavy atom. The molecule has 0 unspecified atom stereocenters. The molecule has 2 aliphatic rings. The first-order valence-corrected chi connectivity index (χ1v) is 6.35. The SMILES string of the molecule is O=C(C1CCC1)N1CCCc2cc(F)ccc21. The molecule has 0 spiro atoms. The molecule has 1 fully saturated rings. The van der Waals surface area contributed by atoms with Gasteiger partial charge in [0.1, 0.15) is 5.82 Å². The lowest BCUT2D eigenvalue weighted by molar-refractivity contribution is -0.124. The van der Waals surface area contributed by atoms with Gasteiger partial charge < -0.3 is 4.90 Å². The Hall–Kier alpha value is -1.38. The predicted octanol–water partition coefficient (Wildman–Crippen LogP) is 2.91. The maximum Gasteiger partial charge on any atom is 0.230 e. The smallest absolute Gasteiger partial charge is 0.230 e. The van der Waals surface area contributed by atoms with Crippen LogP contribution in [0.4, 0.5) is 10.1 Å². The number of carbonyl (C=O) groups excluding carboxylic acids is 1. The van der Waals surface area contributed by atoms with Crippen LogP contribution in [0.1, 0.15) is 31.2 Å². The van der Waals surface area contributed by atoms with E-state index < -0.39 is 0 Å². The van der Waals surface area contributed by atoms with Crippen molar-refractivity contribution in [2.24, 2.45) is 5.92 Å². The third-order valence-corrected chi connectivity index (χ3v) is 3.88. The Morgan fingerprint density at radius 3 is 2.82 bits per heavy atom. The summed E-state index contributed by atoms with van der Waals surface area (Å²) in [7, 11) is 0. The van der Waals surface area contributed by atoms with Gasteiger partial charge >= 0.3 is 0 Å². The van der Waals surface area contributed by atoms with E-state index in [1.54, 1.807) is 12.1 Å². The highest BCUT2D eigenvalue weighted by atomic mass is 19.1. The van der Waals surface area contributed by atoms with Crippen LogP contribution in [0.15, 0.2) is 18.2 Å². The van der Waals surface area contributed by atoms with Crippen LogP contribution in [-0.4, -0.2) is 12.5 Å². The van der Waals surface area contributed by atoms with Gasteiger partial charge in [-0.05, 0) is 49.4 Å². The van der Waals surface area contributed by atoms with Crippen molar-refractivity contribution in [1.29, 1.82) is 0 Å². The van der Waals surface area contributed by atoms with Crippen molar-refractivity contribution < 1.29 is 9.18 Å². The first kappa shape index (κ1) is 10.8. The van der Waals surface area contributed by atoms with Gasteiger partial charge in [0.2, 0.25) is 5.91 Å². The molecule has 1 aromatic carbocycles. The lowest BCUT2D eigenvalue weighted by atomic mass is 9.83. The predicted molar refractivity (Wildman–Crippen MR) is 64.4 cm³/mol. The summed E-state index contributed by atoms with van der Waals surface area (Å²) in [6.07, 6.45) is 5.02. The van der Waals surface area contributed by atoms with Crippen molar-refractivity contribution in [1.82, 2.24) is 0 Å². The zero-order chi connectivity index (χ0) is 11.8. The number of benzene rings is 1. The molecule has 1 heterocycles. The molecule has 17 heavy (non-hydrogen) atoms. The molecular weight excluding hydrogens is 217 g/mol. The van der Waals surface area contributed by atoms with Crippen molar-refractivity contribution in [3.05, 3.63) is 29.6 Å². The Kier molecular flexibility index (Phi) is 2.61. The fraction of sp³-hybridized carbons (Fsp3) is 0.500. The molecule has 0 atom stereocenters. The van der Waals surface area contributed by atoms with E-state index in [9.17, 15) is 9.18 Å². The Morgan fingerprint density at radius 2 is 2.12 bits per heavy atom. The van der Waals surface area contributed by atoms with Gasteiger partial charge in [-0.2, -0.15) is 0 Å². The summed E-state index contributed by atoms with van der Waals surface area (Å²) < 4.78 is 13.2. The number of aryl methyl sites for hydroxylation is 1. The maximum atomic E-state index is 13.2. The van der Waals surface area contributed by atoms with E-state index in [-0.39, 0.29) is 17.6 Å². The minimum atomic E-state index is -0.207. The van der Waals surface area contributed by atoms with Crippen LogP contribution in [0, 0.1) is 11.7 Å². The van der Waals surface area contributed by atoms with Crippen LogP contribution in [0.5, 0.6) is 0 Å². The van der Waals surface area contributed by atoms with Gasteiger partial charge in [0.25, 0.3) is 0 Å². The van der Waals surface area contributed by atoms with E-state index in [1.165, 1.54) is 12.5 Å². The van der Waals surface area contributed by atoms with E-state index in [4.69, 9.17) is 0 Å². The van der Waals surface area contributed by atoms with Crippen molar-refractivity contribution in [2.45, 2.75) is 32.1 Å². The lowest BCUT2D eigenvalue weighted by Crippen LogP contribution is -2.41. The minimum absolute atomic E-state index is 0.207. The van der Waals surface area contributed by atoms with Crippen LogP contribution in [-0.2, 0) is 11.2 Å². The van der Waals surface area contributed by atoms with Gasteiger partial charge in [-0.15, -0.1) is 0 Å². The summed E-state index contributed by atoms with van der Waals surface area (Å²) in [4.78, 5) is 14.1. The van der Waals surface area contributed by atoms with Crippen molar-refractivity contribution in [3.8, 4) is 0 Å². The highest BCUT2D eigenvalue weighted by Gasteiger charge is 2.32. The highest BCUT2D eigenvalue weighted by Crippen LogP contribution is 2.34. The van der Waals surface area contributed by atoms with E-state index >= 15 is 0 Å². The number of anilines is 1. The van der Waals surface area contributed by atoms with Crippen LogP contribution in [0.25, 0.3) is 0 Å². The second-order valence-corrected chi connectivity index (χ2v) is 4.99. The quantitative estimate of drug-likeness (QED) is 0.730. The first-order valence-electron chi connectivity index (χ1n) is 6.35. The maximum absolute atomic E-state index is 13.2. The van der Waals surface area contributed by atoms with E-state index in [0.717, 1.165) is 43.5 Å². The summed E-state index contributed by atoms with van der Waals surface area (Å²) >= 11 is 0. The summed E-state index contributed by atoms with van der Waals surface area (Å²) in [6.45, 7) is 0.786. The van der Waals surface area contributed by atoms with Crippen molar-refractivity contribution in [2.75, 3.05) is 11.4 Å². The van der Waals surface area contributed by atoms with Crippen LogP contribution in [0.2, 0.25) is 0 Å². The molecule has 90 valence electrons. The summed E-state index contributed by atoms with van der Waals surface area (Å²) in [5.74, 6) is 0.247. The van der Waals surface area contributed by atoms with Gasteiger partial charge in [-0.1, -0.05) is 6.42 Å². The Balaban J connectivity index is 1.90. The number of nitrogens with zero attached hydrogens (tertiary/aromatic N) is 1. The standard InChI is InChI=1S/C14H16FNO/c15-12-6-7-13-11(9-12)5-2-8-16(13)14(17)10-3-1-4-10/h6-7,9-10H,1-5,8H2. The molecule has 1 aliphatic heterocycles. The molecule has 0 saturated heterocycles. The molecule has 3 heteroatoms. The second kappa shape index (κ2) is 4.13. The molecular formula is C14H16FNO. The number of carbonyl (C=O) groups is 1. The molecule has 0 aromatic heterocycles. The molecule has 3 rings (SSSR count). The van der Waals surface area contributed by atoms with Crippen molar-refractivity contribution in [3.63, 3.8) is 0 Å². The zero-order valence-corrected chi connectivity index (χ0v) is 9.79. The average molecular weight is 233 g/mol. The topological polar surface area (TPSA) is 20.3 Å². The van der Waals surface area contributed by atoms with Crippen LogP contribution < -0.4 is 4.90 Å². The molecule has 2 nitrogen and oxygen atoms in total. The zero-order valence-electron chi connectivity index (χ0n) is 9.79. The summed E-state index contributed by atoms with van der Waals surface area (Å²) in [5.41, 5.74) is 1.90. The monoisotopic (exact) mass is 233 g/mol. The van der Waals surface area contributed by atoms with E-state index in [1.807, 2.05) is 4.90 Å². The molecule has 1 aromatic rings. The van der Waals surface area contributed by atoms with Crippen molar-refractivity contribution >= 4 is 11.6 Å². The van der Waals surface area contributed by atoms with Gasteiger partial charge in [0, 0.05) is 18.2 Å². The fourth-order valence-corrected chi connectivity index (χ4v) is 2.67. The van der Waals surface area contributed by atoms with Gasteiger partial charge in [-0.25, -0.2) is 4.39 Å². The Labute approximate surface area is 100 Å². The summed E-state index contributed by atoms with van der Waals surface area (Å²) in [6, 6.07) is 4.77. The second-order valence-electron chi connectivity index (χ2n) is 4.99. The van der Waals surface area contributed by atoms with Crippen LogP contribution >= 0.6 is 0 Å². The minimum Gasteiger partial charge on any atom is -0.312 e. The Bertz CT molecular complexity index is 454. The van der Waals surface area contributed by atoms with Gasteiger partial charge in [0.15, 0.2) is 0 Å². The normalized spacial score (nSPS) is 19.7. The number of amides is 1. The molecule has 0 N–H and O–H groups in total. The largest absolute Gasteiger partial charge is 0.312 e. The molecule has 1 saturated carbocycles. The highest BCUT2D eigenvalue weighted by molar-refractivity contribution is 5.96. The number of hydrogen-bond donors (Lipinski definition) is 0.